The van der Waals surface area contributed by atoms with Gasteiger partial charge in [-0.25, -0.2) is 0 Å². The standard InChI is InChI=1S/C17H27NO3/c1-3-4-10-21-16-7-5-15(6-8-16)12-18-13-17(19-2)9-11-20-14-17/h5-8,18H,3-4,9-14H2,1-2H3. The van der Waals surface area contributed by atoms with E-state index in [0.29, 0.717) is 6.61 Å². The SMILES string of the molecule is CCCCOc1ccc(CNCC2(OC)CCOC2)cc1. The van der Waals surface area contributed by atoms with Gasteiger partial charge in [0.25, 0.3) is 0 Å². The second kappa shape index (κ2) is 8.37. The fourth-order valence-electron chi connectivity index (χ4n) is 2.43. The van der Waals surface area contributed by atoms with Crippen LogP contribution in [-0.2, 0) is 16.0 Å². The summed E-state index contributed by atoms with van der Waals surface area (Å²) in [6, 6.07) is 8.30. The lowest BCUT2D eigenvalue weighted by Gasteiger charge is -2.26. The van der Waals surface area contributed by atoms with E-state index in [-0.39, 0.29) is 5.60 Å². The molecule has 1 aromatic rings. The molecule has 1 unspecified atom stereocenters. The van der Waals surface area contributed by atoms with Crippen LogP contribution in [0, 0.1) is 0 Å². The minimum Gasteiger partial charge on any atom is -0.494 e. The number of hydrogen-bond donors (Lipinski definition) is 1. The minimum absolute atomic E-state index is 0.150. The van der Waals surface area contributed by atoms with Crippen molar-refractivity contribution >= 4 is 0 Å². The number of nitrogens with one attached hydrogen (secondary N) is 1. The van der Waals surface area contributed by atoms with E-state index in [4.69, 9.17) is 14.2 Å². The zero-order chi connectivity index (χ0) is 15.0. The Balaban J connectivity index is 1.73. The van der Waals surface area contributed by atoms with Gasteiger partial charge >= 0.3 is 0 Å². The van der Waals surface area contributed by atoms with Crippen LogP contribution in [0.1, 0.15) is 31.7 Å². The zero-order valence-corrected chi connectivity index (χ0v) is 13.2. The van der Waals surface area contributed by atoms with Crippen LogP contribution in [0.3, 0.4) is 0 Å². The van der Waals surface area contributed by atoms with E-state index in [1.54, 1.807) is 7.11 Å². The lowest BCUT2D eigenvalue weighted by molar-refractivity contribution is -0.0159. The van der Waals surface area contributed by atoms with Gasteiger partial charge in [0.2, 0.25) is 0 Å². The third-order valence-electron chi connectivity index (χ3n) is 3.97. The normalized spacial score (nSPS) is 21.6. The molecule has 4 heteroatoms. The summed E-state index contributed by atoms with van der Waals surface area (Å²) in [5.74, 6) is 0.949. The van der Waals surface area contributed by atoms with Crippen molar-refractivity contribution in [2.45, 2.75) is 38.3 Å². The number of hydrogen-bond acceptors (Lipinski definition) is 4. The Kier molecular flexibility index (Phi) is 6.49. The molecule has 1 atom stereocenters. The highest BCUT2D eigenvalue weighted by Gasteiger charge is 2.34. The summed E-state index contributed by atoms with van der Waals surface area (Å²) in [5, 5.41) is 3.46. The predicted molar refractivity (Wildman–Crippen MR) is 83.7 cm³/mol. The highest BCUT2D eigenvalue weighted by molar-refractivity contribution is 5.27. The van der Waals surface area contributed by atoms with E-state index < -0.39 is 0 Å². The molecular formula is C17H27NO3. The van der Waals surface area contributed by atoms with Crippen molar-refractivity contribution in [1.29, 1.82) is 0 Å². The van der Waals surface area contributed by atoms with E-state index in [1.165, 1.54) is 5.56 Å². The van der Waals surface area contributed by atoms with Gasteiger partial charge in [-0.3, -0.25) is 0 Å². The molecule has 21 heavy (non-hydrogen) atoms. The first-order valence-electron chi connectivity index (χ1n) is 7.83. The smallest absolute Gasteiger partial charge is 0.119 e. The third kappa shape index (κ3) is 4.99. The van der Waals surface area contributed by atoms with Crippen LogP contribution in [-0.4, -0.2) is 39.1 Å². The van der Waals surface area contributed by atoms with Gasteiger partial charge < -0.3 is 19.5 Å². The molecule has 1 heterocycles. The topological polar surface area (TPSA) is 39.7 Å². The Morgan fingerprint density at radius 1 is 1.29 bits per heavy atom. The summed E-state index contributed by atoms with van der Waals surface area (Å²) in [7, 11) is 1.76. The van der Waals surface area contributed by atoms with Crippen LogP contribution >= 0.6 is 0 Å². The maximum atomic E-state index is 5.66. The quantitative estimate of drug-likeness (QED) is 0.711. The molecule has 4 nitrogen and oxygen atoms in total. The van der Waals surface area contributed by atoms with Crippen molar-refractivity contribution in [2.24, 2.45) is 0 Å². The van der Waals surface area contributed by atoms with Crippen molar-refractivity contribution in [3.8, 4) is 5.75 Å². The van der Waals surface area contributed by atoms with Crippen LogP contribution in [0.25, 0.3) is 0 Å². The molecule has 1 aliphatic heterocycles. The number of benzene rings is 1. The summed E-state index contributed by atoms with van der Waals surface area (Å²) < 4.78 is 16.7. The van der Waals surface area contributed by atoms with E-state index in [0.717, 1.165) is 51.3 Å². The van der Waals surface area contributed by atoms with Gasteiger partial charge in [-0.1, -0.05) is 25.5 Å². The second-order valence-corrected chi connectivity index (χ2v) is 5.64. The number of methoxy groups -OCH3 is 1. The highest BCUT2D eigenvalue weighted by Crippen LogP contribution is 2.21. The second-order valence-electron chi connectivity index (χ2n) is 5.64. The van der Waals surface area contributed by atoms with Crippen molar-refractivity contribution in [3.63, 3.8) is 0 Å². The lowest BCUT2D eigenvalue weighted by Crippen LogP contribution is -2.42. The molecular weight excluding hydrogens is 266 g/mol. The largest absolute Gasteiger partial charge is 0.494 e. The summed E-state index contributed by atoms with van der Waals surface area (Å²) >= 11 is 0. The van der Waals surface area contributed by atoms with Gasteiger partial charge in [-0.2, -0.15) is 0 Å². The third-order valence-corrected chi connectivity index (χ3v) is 3.97. The highest BCUT2D eigenvalue weighted by atomic mass is 16.5. The number of rotatable bonds is 9. The molecule has 0 spiro atoms. The van der Waals surface area contributed by atoms with Gasteiger partial charge in [-0.05, 0) is 24.1 Å². The van der Waals surface area contributed by atoms with Crippen LogP contribution in [0.15, 0.2) is 24.3 Å². The first-order valence-corrected chi connectivity index (χ1v) is 7.83. The van der Waals surface area contributed by atoms with Gasteiger partial charge in [0, 0.05) is 33.2 Å². The Hall–Kier alpha value is -1.10. The van der Waals surface area contributed by atoms with E-state index in [2.05, 4.69) is 24.4 Å². The molecule has 1 N–H and O–H groups in total. The molecule has 0 amide bonds. The molecule has 0 aliphatic carbocycles. The Morgan fingerprint density at radius 3 is 2.71 bits per heavy atom. The van der Waals surface area contributed by atoms with Crippen LogP contribution in [0.4, 0.5) is 0 Å². The van der Waals surface area contributed by atoms with Gasteiger partial charge in [0.15, 0.2) is 0 Å². The van der Waals surface area contributed by atoms with Gasteiger partial charge in [-0.15, -0.1) is 0 Å². The van der Waals surface area contributed by atoms with Crippen molar-refractivity contribution in [1.82, 2.24) is 5.32 Å². The molecule has 1 fully saturated rings. The number of unbranched alkanes of at least 4 members (excludes halogenated alkanes) is 1. The van der Waals surface area contributed by atoms with Crippen LogP contribution < -0.4 is 10.1 Å². The summed E-state index contributed by atoms with van der Waals surface area (Å²) in [6.07, 6.45) is 3.22. The zero-order valence-electron chi connectivity index (χ0n) is 13.2. The Bertz CT molecular complexity index is 399. The predicted octanol–water partition coefficient (Wildman–Crippen LogP) is 2.76. The van der Waals surface area contributed by atoms with E-state index >= 15 is 0 Å². The monoisotopic (exact) mass is 293 g/mol. The molecule has 0 bridgehead atoms. The molecule has 1 saturated heterocycles. The van der Waals surface area contributed by atoms with Crippen LogP contribution in [0.5, 0.6) is 5.75 Å². The minimum atomic E-state index is -0.150. The van der Waals surface area contributed by atoms with Gasteiger partial charge in [0.05, 0.1) is 13.2 Å². The fraction of sp³-hybridized carbons (Fsp3) is 0.647. The summed E-state index contributed by atoms with van der Waals surface area (Å²) in [6.45, 7) is 6.09. The molecule has 0 aromatic heterocycles. The first-order chi connectivity index (χ1) is 10.3. The van der Waals surface area contributed by atoms with Crippen LogP contribution in [0.2, 0.25) is 0 Å². The summed E-state index contributed by atoms with van der Waals surface area (Å²) in [5.41, 5.74) is 1.10. The maximum absolute atomic E-state index is 5.66. The van der Waals surface area contributed by atoms with Crippen molar-refractivity contribution in [2.75, 3.05) is 33.5 Å². The lowest BCUT2D eigenvalue weighted by atomic mass is 10.0. The summed E-state index contributed by atoms with van der Waals surface area (Å²) in [4.78, 5) is 0. The van der Waals surface area contributed by atoms with Crippen molar-refractivity contribution in [3.05, 3.63) is 29.8 Å². The molecule has 0 saturated carbocycles. The molecule has 2 rings (SSSR count). The Labute approximate surface area is 127 Å². The van der Waals surface area contributed by atoms with Gasteiger partial charge in [0.1, 0.15) is 11.4 Å². The maximum Gasteiger partial charge on any atom is 0.119 e. The Morgan fingerprint density at radius 2 is 2.10 bits per heavy atom. The average Bonchev–Trinajstić information content (AvgIpc) is 2.99. The molecule has 0 radical (unpaired) electrons. The van der Waals surface area contributed by atoms with E-state index in [9.17, 15) is 0 Å². The number of ether oxygens (including phenoxy) is 3. The molecule has 1 aliphatic rings. The fourth-order valence-corrected chi connectivity index (χ4v) is 2.43. The van der Waals surface area contributed by atoms with E-state index in [1.807, 2.05) is 12.1 Å². The average molecular weight is 293 g/mol. The molecule has 1 aromatic carbocycles. The van der Waals surface area contributed by atoms with Crippen molar-refractivity contribution < 1.29 is 14.2 Å². The molecule has 118 valence electrons. The first kappa shape index (κ1) is 16.3.